The van der Waals surface area contributed by atoms with Crippen molar-refractivity contribution in [2.75, 3.05) is 33.4 Å². The third kappa shape index (κ3) is 9.68. The van der Waals surface area contributed by atoms with Crippen LogP contribution in [0.1, 0.15) is 70.5 Å². The molecule has 0 bridgehead atoms. The molecule has 0 aromatic heterocycles. The van der Waals surface area contributed by atoms with Crippen molar-refractivity contribution in [3.8, 4) is 0 Å². The number of nitrogens with one attached hydrogen (secondary N) is 1. The van der Waals surface area contributed by atoms with E-state index in [-0.39, 0.29) is 29.7 Å². The molecule has 11 heteroatoms. The predicted octanol–water partition coefficient (Wildman–Crippen LogP) is 8.28. The first kappa shape index (κ1) is 35.7. The molecule has 0 spiro atoms. The summed E-state index contributed by atoms with van der Waals surface area (Å²) >= 11 is 0. The van der Waals surface area contributed by atoms with E-state index in [2.05, 4.69) is 45.7 Å². The summed E-state index contributed by atoms with van der Waals surface area (Å²) in [5, 5.41) is 7.99. The maximum Gasteiger partial charge on any atom is 0.416 e. The minimum absolute atomic E-state index is 0.127. The lowest BCUT2D eigenvalue weighted by Crippen LogP contribution is -2.46. The average Bonchev–Trinajstić information content (AvgIpc) is 3.00. The van der Waals surface area contributed by atoms with E-state index in [9.17, 15) is 26.3 Å². The Hall–Kier alpha value is -3.15. The summed E-state index contributed by atoms with van der Waals surface area (Å²) in [6.07, 6.45) is 2.37. The Labute approximate surface area is 267 Å². The molecule has 1 fully saturated rings. The molecule has 1 aliphatic carbocycles. The van der Waals surface area contributed by atoms with Crippen LogP contribution >= 0.6 is 0 Å². The number of allylic oxidation sites excluding steroid dienone is 2. The van der Waals surface area contributed by atoms with Gasteiger partial charge in [0.15, 0.2) is 0 Å². The van der Waals surface area contributed by atoms with Crippen LogP contribution in [-0.4, -0.2) is 56.0 Å². The molecule has 2 unspecified atom stereocenters. The predicted molar refractivity (Wildman–Crippen MR) is 168 cm³/mol. The second-order valence-electron chi connectivity index (χ2n) is 12.2. The van der Waals surface area contributed by atoms with Gasteiger partial charge in [-0.3, -0.25) is 0 Å². The quantitative estimate of drug-likeness (QED) is 0.143. The monoisotopic (exact) mass is 651 g/mol. The third-order valence-electron chi connectivity index (χ3n) is 8.95. The lowest BCUT2D eigenvalue weighted by atomic mass is 9.88. The highest BCUT2D eigenvalue weighted by molar-refractivity contribution is 5.91. The summed E-state index contributed by atoms with van der Waals surface area (Å²) in [4.78, 5) is 7.59. The molecule has 2 aromatic carbocycles. The average molecular weight is 652 g/mol. The summed E-state index contributed by atoms with van der Waals surface area (Å²) < 4.78 is 87.1. The van der Waals surface area contributed by atoms with Gasteiger partial charge in [-0.25, -0.2) is 0 Å². The first-order valence-electron chi connectivity index (χ1n) is 15.6. The van der Waals surface area contributed by atoms with Crippen molar-refractivity contribution in [2.45, 2.75) is 83.4 Å². The molecular weight excluding hydrogens is 608 g/mol. The smallest absolute Gasteiger partial charge is 0.399 e. The molecule has 2 aliphatic rings. The lowest BCUT2D eigenvalue weighted by molar-refractivity contribution is -0.143. The molecular formula is C35H43F6N3O2. The molecule has 0 saturated carbocycles. The van der Waals surface area contributed by atoms with Gasteiger partial charge in [0, 0.05) is 18.0 Å². The molecule has 252 valence electrons. The lowest BCUT2D eigenvalue weighted by Gasteiger charge is -2.35. The molecule has 1 saturated heterocycles. The summed E-state index contributed by atoms with van der Waals surface area (Å²) in [5.74, 6) is -0.234. The van der Waals surface area contributed by atoms with Gasteiger partial charge in [0.25, 0.3) is 0 Å². The first-order valence-corrected chi connectivity index (χ1v) is 15.6. The fourth-order valence-electron chi connectivity index (χ4n) is 6.10. The zero-order valence-electron chi connectivity index (χ0n) is 26.8. The molecule has 46 heavy (non-hydrogen) atoms. The Kier molecular flexibility index (Phi) is 12.1. The van der Waals surface area contributed by atoms with Crippen LogP contribution in [0.2, 0.25) is 0 Å². The molecule has 2 atom stereocenters. The number of rotatable bonds is 12. The summed E-state index contributed by atoms with van der Waals surface area (Å²) in [6.45, 7) is 7.27. The SMILES string of the molecule is CO/N=C(/COCc1cc(C(F)(F)F)cc(C(F)(F)F)c1C)C(CCN1CCC(NC2C=CC=CC2)CC1)c1ccc(C)c(C)c1. The van der Waals surface area contributed by atoms with Gasteiger partial charge in [-0.1, -0.05) is 47.7 Å². The number of benzene rings is 2. The van der Waals surface area contributed by atoms with Crippen LogP contribution in [0.4, 0.5) is 26.3 Å². The summed E-state index contributed by atoms with van der Waals surface area (Å²) in [7, 11) is 1.40. The highest BCUT2D eigenvalue weighted by atomic mass is 19.4. The van der Waals surface area contributed by atoms with E-state index in [1.54, 1.807) is 0 Å². The minimum atomic E-state index is -4.94. The Balaban J connectivity index is 1.47. The van der Waals surface area contributed by atoms with E-state index in [4.69, 9.17) is 9.57 Å². The van der Waals surface area contributed by atoms with Crippen molar-refractivity contribution in [2.24, 2.45) is 5.16 Å². The van der Waals surface area contributed by atoms with Gasteiger partial charge >= 0.3 is 12.4 Å². The largest absolute Gasteiger partial charge is 0.416 e. The highest BCUT2D eigenvalue weighted by Crippen LogP contribution is 2.39. The molecule has 1 N–H and O–H groups in total. The third-order valence-corrected chi connectivity index (χ3v) is 8.95. The van der Waals surface area contributed by atoms with E-state index in [1.807, 2.05) is 26.0 Å². The maximum atomic E-state index is 13.6. The fraction of sp³-hybridized carbons (Fsp3) is 0.514. The Morgan fingerprint density at radius 2 is 1.72 bits per heavy atom. The Bertz CT molecular complexity index is 1410. The van der Waals surface area contributed by atoms with Gasteiger partial charge < -0.3 is 19.8 Å². The van der Waals surface area contributed by atoms with Crippen LogP contribution < -0.4 is 5.32 Å². The topological polar surface area (TPSA) is 46.1 Å². The van der Waals surface area contributed by atoms with Gasteiger partial charge in [0.2, 0.25) is 0 Å². The first-order chi connectivity index (χ1) is 21.8. The second kappa shape index (κ2) is 15.6. The molecule has 1 heterocycles. The maximum absolute atomic E-state index is 13.6. The number of alkyl halides is 6. The zero-order chi connectivity index (χ0) is 33.5. The van der Waals surface area contributed by atoms with Crippen LogP contribution in [0.25, 0.3) is 0 Å². The fourth-order valence-corrected chi connectivity index (χ4v) is 6.10. The van der Waals surface area contributed by atoms with Crippen molar-refractivity contribution in [3.05, 3.63) is 93.6 Å². The number of ether oxygens (including phenoxy) is 1. The van der Waals surface area contributed by atoms with Crippen LogP contribution in [0.15, 0.2) is 59.8 Å². The molecule has 0 radical (unpaired) electrons. The number of hydrogen-bond acceptors (Lipinski definition) is 5. The normalized spacial score (nSPS) is 19.1. The zero-order valence-corrected chi connectivity index (χ0v) is 26.8. The Morgan fingerprint density at radius 1 is 0.978 bits per heavy atom. The van der Waals surface area contributed by atoms with E-state index in [0.717, 1.165) is 68.6 Å². The number of aryl methyl sites for hydroxylation is 2. The van der Waals surface area contributed by atoms with Gasteiger partial charge in [-0.05, 0) is 106 Å². The van der Waals surface area contributed by atoms with E-state index in [0.29, 0.717) is 24.2 Å². The van der Waals surface area contributed by atoms with Gasteiger partial charge in [-0.2, -0.15) is 26.3 Å². The standard InChI is InChI=1S/C35H43F6N3O2/c1-23-10-11-26(18-24(23)2)31(14-17-44-15-12-30(13-16-44)42-29-8-6-5-7-9-29)33(43-45-4)22-46-21-27-19-28(34(36,37)38)20-32(25(27)3)35(39,40)41/h5-8,10-11,18-20,29-31,42H,9,12-17,21-22H2,1-4H3/b43-33-. The van der Waals surface area contributed by atoms with Crippen LogP contribution in [0, 0.1) is 20.8 Å². The van der Waals surface area contributed by atoms with Gasteiger partial charge in [0.05, 0.1) is 30.1 Å². The van der Waals surface area contributed by atoms with E-state index >= 15 is 0 Å². The molecule has 0 amide bonds. The van der Waals surface area contributed by atoms with Crippen LogP contribution in [-0.2, 0) is 28.5 Å². The minimum Gasteiger partial charge on any atom is -0.399 e. The van der Waals surface area contributed by atoms with Crippen molar-refractivity contribution in [1.82, 2.24) is 10.2 Å². The summed E-state index contributed by atoms with van der Waals surface area (Å²) in [5.41, 5.74) is 0.550. The van der Waals surface area contributed by atoms with E-state index < -0.39 is 30.1 Å². The molecule has 4 rings (SSSR count). The number of likely N-dealkylation sites (tertiary alicyclic amines) is 1. The number of oxime groups is 1. The number of hydrogen-bond donors (Lipinski definition) is 1. The van der Waals surface area contributed by atoms with Crippen LogP contribution in [0.3, 0.4) is 0 Å². The van der Waals surface area contributed by atoms with Crippen molar-refractivity contribution in [1.29, 1.82) is 0 Å². The number of halogens is 6. The van der Waals surface area contributed by atoms with Gasteiger partial charge in [-0.15, -0.1) is 0 Å². The van der Waals surface area contributed by atoms with Crippen molar-refractivity contribution < 1.29 is 35.9 Å². The molecule has 5 nitrogen and oxygen atoms in total. The second-order valence-corrected chi connectivity index (χ2v) is 12.2. The molecule has 2 aromatic rings. The van der Waals surface area contributed by atoms with Crippen molar-refractivity contribution >= 4 is 5.71 Å². The molecule has 1 aliphatic heterocycles. The van der Waals surface area contributed by atoms with Crippen molar-refractivity contribution in [3.63, 3.8) is 0 Å². The van der Waals surface area contributed by atoms with E-state index in [1.165, 1.54) is 7.11 Å². The van der Waals surface area contributed by atoms with Crippen LogP contribution in [0.5, 0.6) is 0 Å². The van der Waals surface area contributed by atoms with Gasteiger partial charge in [0.1, 0.15) is 7.11 Å². The number of nitrogens with zero attached hydrogens (tertiary/aromatic N) is 2. The highest BCUT2D eigenvalue weighted by Gasteiger charge is 2.38. The Morgan fingerprint density at radius 3 is 2.33 bits per heavy atom. The summed E-state index contributed by atoms with van der Waals surface area (Å²) in [6, 6.07) is 7.81. The number of piperidine rings is 1.